The molecule has 0 aliphatic heterocycles. The fourth-order valence-electron chi connectivity index (χ4n) is 2.27. The molecule has 1 aromatic rings. The van der Waals surface area contributed by atoms with Crippen molar-refractivity contribution in [3.8, 4) is 0 Å². The van der Waals surface area contributed by atoms with Crippen molar-refractivity contribution in [3.63, 3.8) is 0 Å². The highest BCUT2D eigenvalue weighted by Gasteiger charge is 2.18. The van der Waals surface area contributed by atoms with Gasteiger partial charge in [0.1, 0.15) is 0 Å². The number of likely N-dealkylation sites (N-methyl/N-ethyl adjacent to an activating group) is 1. The lowest BCUT2D eigenvalue weighted by atomic mass is 10.2. The van der Waals surface area contributed by atoms with Crippen LogP contribution in [0.1, 0.15) is 19.4 Å². The highest BCUT2D eigenvalue weighted by atomic mass is 32.2. The Morgan fingerprint density at radius 2 is 1.76 bits per heavy atom. The summed E-state index contributed by atoms with van der Waals surface area (Å²) in [6, 6.07) is 4.74. The molecule has 0 spiro atoms. The summed E-state index contributed by atoms with van der Waals surface area (Å²) in [7, 11) is -0.522. The Balaban J connectivity index is 2.72. The molecule has 1 rings (SSSR count). The minimum atomic E-state index is -3.60. The summed E-state index contributed by atoms with van der Waals surface area (Å²) in [5.41, 5.74) is 0.976. The maximum absolute atomic E-state index is 12.1. The molecule has 25 heavy (non-hydrogen) atoms. The SMILES string of the molecule is CNS(=O)(=O)c1cc(NC(=O)C[NH+](C)CC(=O)NC(C)C)ccc1C. The van der Waals surface area contributed by atoms with E-state index in [1.54, 1.807) is 26.1 Å². The van der Waals surface area contributed by atoms with Gasteiger partial charge in [0.15, 0.2) is 13.1 Å². The number of anilines is 1. The van der Waals surface area contributed by atoms with Gasteiger partial charge in [0, 0.05) is 11.7 Å². The number of hydrogen-bond donors (Lipinski definition) is 4. The topological polar surface area (TPSA) is 109 Å². The predicted octanol–water partition coefficient (Wildman–Crippen LogP) is -1.12. The van der Waals surface area contributed by atoms with Crippen LogP contribution in [0.5, 0.6) is 0 Å². The fraction of sp³-hybridized carbons (Fsp3) is 0.500. The van der Waals surface area contributed by atoms with Gasteiger partial charge in [-0.05, 0) is 45.5 Å². The average molecular weight is 371 g/mol. The average Bonchev–Trinajstić information content (AvgIpc) is 2.47. The number of carbonyl (C=O) groups excluding carboxylic acids is 2. The Hall–Kier alpha value is -1.97. The number of quaternary nitrogens is 1. The molecule has 0 saturated carbocycles. The van der Waals surface area contributed by atoms with E-state index in [-0.39, 0.29) is 35.8 Å². The highest BCUT2D eigenvalue weighted by Crippen LogP contribution is 2.19. The molecule has 0 bridgehead atoms. The Morgan fingerprint density at radius 1 is 1.16 bits per heavy atom. The first-order chi connectivity index (χ1) is 11.5. The number of carbonyl (C=O) groups is 2. The molecule has 0 saturated heterocycles. The monoisotopic (exact) mass is 371 g/mol. The van der Waals surface area contributed by atoms with E-state index in [1.165, 1.54) is 13.1 Å². The number of sulfonamides is 1. The third kappa shape index (κ3) is 6.81. The van der Waals surface area contributed by atoms with Crippen LogP contribution in [0.25, 0.3) is 0 Å². The molecule has 1 aromatic carbocycles. The van der Waals surface area contributed by atoms with Crippen molar-refractivity contribution in [3.05, 3.63) is 23.8 Å². The lowest BCUT2D eigenvalue weighted by Crippen LogP contribution is -3.11. The van der Waals surface area contributed by atoms with Crippen molar-refractivity contribution in [1.29, 1.82) is 0 Å². The first kappa shape index (κ1) is 21.1. The van der Waals surface area contributed by atoms with Crippen molar-refractivity contribution in [2.24, 2.45) is 0 Å². The molecular formula is C16H27N4O4S+. The molecule has 8 nitrogen and oxygen atoms in total. The van der Waals surface area contributed by atoms with Crippen molar-refractivity contribution >= 4 is 27.5 Å². The minimum Gasteiger partial charge on any atom is -0.349 e. The summed E-state index contributed by atoms with van der Waals surface area (Å²) < 4.78 is 26.2. The van der Waals surface area contributed by atoms with Gasteiger partial charge in [0.25, 0.3) is 11.8 Å². The van der Waals surface area contributed by atoms with Crippen LogP contribution in [0.2, 0.25) is 0 Å². The van der Waals surface area contributed by atoms with E-state index >= 15 is 0 Å². The number of hydrogen-bond acceptors (Lipinski definition) is 4. The molecule has 0 heterocycles. The van der Waals surface area contributed by atoms with E-state index in [1.807, 2.05) is 13.8 Å². The van der Waals surface area contributed by atoms with Crippen LogP contribution in [-0.2, 0) is 19.6 Å². The van der Waals surface area contributed by atoms with Crippen LogP contribution < -0.4 is 20.3 Å². The zero-order chi connectivity index (χ0) is 19.2. The van der Waals surface area contributed by atoms with Gasteiger partial charge >= 0.3 is 0 Å². The lowest BCUT2D eigenvalue weighted by molar-refractivity contribution is -0.862. The smallest absolute Gasteiger partial charge is 0.279 e. The molecule has 2 amide bonds. The van der Waals surface area contributed by atoms with Crippen LogP contribution in [0.3, 0.4) is 0 Å². The Kier molecular flexibility index (Phi) is 7.53. The number of benzene rings is 1. The summed E-state index contributed by atoms with van der Waals surface area (Å²) in [6.07, 6.45) is 0. The van der Waals surface area contributed by atoms with Gasteiger partial charge in [-0.25, -0.2) is 13.1 Å². The summed E-state index contributed by atoms with van der Waals surface area (Å²) in [5.74, 6) is -0.426. The maximum Gasteiger partial charge on any atom is 0.279 e. The van der Waals surface area contributed by atoms with Gasteiger partial charge in [-0.15, -0.1) is 0 Å². The summed E-state index contributed by atoms with van der Waals surface area (Å²) in [6.45, 7) is 5.69. The van der Waals surface area contributed by atoms with E-state index in [0.29, 0.717) is 11.3 Å². The van der Waals surface area contributed by atoms with E-state index in [4.69, 9.17) is 0 Å². The Labute approximate surface area is 149 Å². The first-order valence-electron chi connectivity index (χ1n) is 8.00. The van der Waals surface area contributed by atoms with E-state index < -0.39 is 10.0 Å². The quantitative estimate of drug-likeness (QED) is 0.464. The summed E-state index contributed by atoms with van der Waals surface area (Å²) >= 11 is 0. The zero-order valence-electron chi connectivity index (χ0n) is 15.3. The number of rotatable bonds is 8. The fourth-order valence-corrected chi connectivity index (χ4v) is 3.26. The second-order valence-corrected chi connectivity index (χ2v) is 8.12. The minimum absolute atomic E-state index is 0.0502. The van der Waals surface area contributed by atoms with Gasteiger partial charge in [0.2, 0.25) is 10.0 Å². The highest BCUT2D eigenvalue weighted by molar-refractivity contribution is 7.89. The third-order valence-electron chi connectivity index (χ3n) is 3.40. The van der Waals surface area contributed by atoms with Crippen LogP contribution >= 0.6 is 0 Å². The van der Waals surface area contributed by atoms with E-state index in [9.17, 15) is 18.0 Å². The number of aryl methyl sites for hydroxylation is 1. The van der Waals surface area contributed by atoms with Gasteiger partial charge in [-0.2, -0.15) is 0 Å². The molecule has 1 unspecified atom stereocenters. The molecule has 0 aliphatic rings. The van der Waals surface area contributed by atoms with E-state index in [0.717, 1.165) is 4.90 Å². The van der Waals surface area contributed by atoms with Gasteiger partial charge in [-0.3, -0.25) is 9.59 Å². The zero-order valence-corrected chi connectivity index (χ0v) is 16.1. The van der Waals surface area contributed by atoms with Crippen molar-refractivity contribution in [2.45, 2.75) is 31.7 Å². The van der Waals surface area contributed by atoms with Crippen molar-refractivity contribution in [1.82, 2.24) is 10.0 Å². The number of nitrogens with one attached hydrogen (secondary N) is 4. The predicted molar refractivity (Wildman–Crippen MR) is 96.0 cm³/mol. The molecule has 1 atom stereocenters. The molecule has 0 aliphatic carbocycles. The standard InChI is InChI=1S/C16H26N4O4S/c1-11(2)18-15(21)9-20(5)10-16(22)19-13-7-6-12(3)14(8-13)25(23,24)17-4/h6-8,11,17H,9-10H2,1-5H3,(H,18,21)(H,19,22)/p+1. The van der Waals surface area contributed by atoms with Crippen LogP contribution in [0.4, 0.5) is 5.69 Å². The van der Waals surface area contributed by atoms with Gasteiger partial charge in [-0.1, -0.05) is 6.07 Å². The van der Waals surface area contributed by atoms with Crippen LogP contribution in [0.15, 0.2) is 23.1 Å². The Morgan fingerprint density at radius 3 is 2.32 bits per heavy atom. The first-order valence-corrected chi connectivity index (χ1v) is 9.48. The van der Waals surface area contributed by atoms with Crippen molar-refractivity contribution < 1.29 is 22.9 Å². The largest absolute Gasteiger partial charge is 0.349 e. The van der Waals surface area contributed by atoms with Crippen LogP contribution in [0, 0.1) is 6.92 Å². The molecule has 140 valence electrons. The summed E-state index contributed by atoms with van der Waals surface area (Å²) in [4.78, 5) is 24.6. The molecule has 0 fully saturated rings. The second-order valence-electron chi connectivity index (χ2n) is 6.27. The van der Waals surface area contributed by atoms with Crippen LogP contribution in [-0.4, -0.2) is 53.5 Å². The third-order valence-corrected chi connectivity index (χ3v) is 4.96. The summed E-state index contributed by atoms with van der Waals surface area (Å²) in [5, 5.41) is 5.44. The lowest BCUT2D eigenvalue weighted by Gasteiger charge is -2.15. The van der Waals surface area contributed by atoms with Gasteiger partial charge in [0.05, 0.1) is 11.9 Å². The molecule has 9 heteroatoms. The van der Waals surface area contributed by atoms with Crippen molar-refractivity contribution in [2.75, 3.05) is 32.5 Å². The Bertz CT molecular complexity index is 732. The molecular weight excluding hydrogens is 344 g/mol. The molecule has 0 aromatic heterocycles. The normalized spacial score (nSPS) is 12.7. The maximum atomic E-state index is 12.1. The molecule has 4 N–H and O–H groups in total. The molecule has 0 radical (unpaired) electrons. The van der Waals surface area contributed by atoms with Gasteiger partial charge < -0.3 is 15.5 Å². The number of amides is 2. The second kappa shape index (κ2) is 8.93. The van der Waals surface area contributed by atoms with E-state index in [2.05, 4.69) is 15.4 Å².